The lowest BCUT2D eigenvalue weighted by Gasteiger charge is -2.08. The SMILES string of the molecule is Cc1cc(C)c(C=[N+]([O-])c2ccccc2)c(C)c1. The smallest absolute Gasteiger partial charge is 0.216 e. The van der Waals surface area contributed by atoms with Crippen LogP contribution in [0, 0.1) is 26.0 Å². The van der Waals surface area contributed by atoms with E-state index < -0.39 is 0 Å². The van der Waals surface area contributed by atoms with Crippen molar-refractivity contribution in [1.82, 2.24) is 0 Å². The van der Waals surface area contributed by atoms with Gasteiger partial charge in [-0.2, -0.15) is 4.74 Å². The molecule has 0 bridgehead atoms. The van der Waals surface area contributed by atoms with Gasteiger partial charge in [0.25, 0.3) is 0 Å². The zero-order chi connectivity index (χ0) is 13.1. The number of para-hydroxylation sites is 1. The Bertz CT molecular complexity index is 562. The van der Waals surface area contributed by atoms with Gasteiger partial charge in [-0.1, -0.05) is 35.9 Å². The normalized spacial score (nSPS) is 11.6. The van der Waals surface area contributed by atoms with Crippen LogP contribution in [0.5, 0.6) is 0 Å². The molecule has 0 N–H and O–H groups in total. The average molecular weight is 239 g/mol. The largest absolute Gasteiger partial charge is 0.618 e. The fourth-order valence-corrected chi connectivity index (χ4v) is 2.16. The van der Waals surface area contributed by atoms with E-state index in [2.05, 4.69) is 19.1 Å². The predicted molar refractivity (Wildman–Crippen MR) is 75.5 cm³/mol. The van der Waals surface area contributed by atoms with Crippen molar-refractivity contribution in [3.8, 4) is 0 Å². The molecule has 2 rings (SSSR count). The molecule has 0 amide bonds. The summed E-state index contributed by atoms with van der Waals surface area (Å²) in [6, 6.07) is 13.4. The van der Waals surface area contributed by atoms with E-state index in [0.717, 1.165) is 21.4 Å². The number of benzene rings is 2. The first-order valence-electron chi connectivity index (χ1n) is 6.02. The Hall–Kier alpha value is -2.09. The number of aryl methyl sites for hydroxylation is 3. The van der Waals surface area contributed by atoms with Crippen LogP contribution in [0.2, 0.25) is 0 Å². The molecule has 0 aliphatic carbocycles. The van der Waals surface area contributed by atoms with Crippen LogP contribution < -0.4 is 0 Å². The van der Waals surface area contributed by atoms with Gasteiger partial charge in [0.05, 0.1) is 0 Å². The van der Waals surface area contributed by atoms with Gasteiger partial charge in [0.15, 0.2) is 6.21 Å². The van der Waals surface area contributed by atoms with Crippen molar-refractivity contribution < 1.29 is 4.74 Å². The Morgan fingerprint density at radius 3 is 2.06 bits per heavy atom. The van der Waals surface area contributed by atoms with Crippen LogP contribution in [0.15, 0.2) is 42.5 Å². The van der Waals surface area contributed by atoms with E-state index in [9.17, 15) is 5.21 Å². The highest BCUT2D eigenvalue weighted by Gasteiger charge is 2.06. The second-order valence-electron chi connectivity index (χ2n) is 4.60. The van der Waals surface area contributed by atoms with E-state index in [1.807, 2.05) is 44.2 Å². The van der Waals surface area contributed by atoms with Crippen LogP contribution in [0.4, 0.5) is 5.69 Å². The topological polar surface area (TPSA) is 26.1 Å². The molecule has 0 atom stereocenters. The van der Waals surface area contributed by atoms with Gasteiger partial charge in [-0.05, 0) is 31.9 Å². The molecule has 0 unspecified atom stereocenters. The molecule has 0 saturated carbocycles. The molecule has 0 saturated heterocycles. The first-order valence-corrected chi connectivity index (χ1v) is 6.02. The van der Waals surface area contributed by atoms with Gasteiger partial charge in [0.1, 0.15) is 0 Å². The Balaban J connectivity index is 2.45. The molecule has 0 aliphatic heterocycles. The molecule has 2 nitrogen and oxygen atoms in total. The minimum atomic E-state index is 0.650. The second-order valence-corrected chi connectivity index (χ2v) is 4.60. The fraction of sp³-hybridized carbons (Fsp3) is 0.188. The van der Waals surface area contributed by atoms with E-state index in [0.29, 0.717) is 5.69 Å². The van der Waals surface area contributed by atoms with Crippen molar-refractivity contribution in [2.75, 3.05) is 0 Å². The van der Waals surface area contributed by atoms with E-state index in [4.69, 9.17) is 0 Å². The predicted octanol–water partition coefficient (Wildman–Crippen LogP) is 3.87. The molecule has 92 valence electrons. The van der Waals surface area contributed by atoms with Crippen molar-refractivity contribution >= 4 is 11.9 Å². The van der Waals surface area contributed by atoms with Crippen LogP contribution in [-0.2, 0) is 0 Å². The molecule has 0 fully saturated rings. The molecular formula is C16H17NO. The Morgan fingerprint density at radius 2 is 1.50 bits per heavy atom. The lowest BCUT2D eigenvalue weighted by atomic mass is 10.0. The summed E-state index contributed by atoms with van der Waals surface area (Å²) >= 11 is 0. The van der Waals surface area contributed by atoms with Gasteiger partial charge in [0, 0.05) is 17.7 Å². The molecule has 0 spiro atoms. The van der Waals surface area contributed by atoms with Crippen molar-refractivity contribution in [2.24, 2.45) is 0 Å². The first kappa shape index (κ1) is 12.4. The Labute approximate surface area is 108 Å². The molecule has 2 aromatic rings. The van der Waals surface area contributed by atoms with Gasteiger partial charge < -0.3 is 5.21 Å². The van der Waals surface area contributed by atoms with Crippen molar-refractivity contribution in [1.29, 1.82) is 0 Å². The maximum Gasteiger partial charge on any atom is 0.216 e. The number of nitrogens with zero attached hydrogens (tertiary/aromatic N) is 1. The molecule has 0 radical (unpaired) electrons. The van der Waals surface area contributed by atoms with Crippen LogP contribution >= 0.6 is 0 Å². The third kappa shape index (κ3) is 2.59. The summed E-state index contributed by atoms with van der Waals surface area (Å²) in [5, 5.41) is 12.1. The maximum atomic E-state index is 12.1. The summed E-state index contributed by atoms with van der Waals surface area (Å²) in [7, 11) is 0. The lowest BCUT2D eigenvalue weighted by Crippen LogP contribution is -2.02. The number of hydrogen-bond acceptors (Lipinski definition) is 1. The van der Waals surface area contributed by atoms with Crippen molar-refractivity contribution in [3.63, 3.8) is 0 Å². The summed E-state index contributed by atoms with van der Waals surface area (Å²) in [6.45, 7) is 6.13. The van der Waals surface area contributed by atoms with Gasteiger partial charge in [-0.15, -0.1) is 0 Å². The molecule has 2 heteroatoms. The summed E-state index contributed by atoms with van der Waals surface area (Å²) in [5.74, 6) is 0. The fourth-order valence-electron chi connectivity index (χ4n) is 2.16. The van der Waals surface area contributed by atoms with E-state index in [-0.39, 0.29) is 0 Å². The average Bonchev–Trinajstić information content (AvgIpc) is 2.34. The molecule has 0 aliphatic rings. The third-order valence-corrected chi connectivity index (χ3v) is 3.00. The third-order valence-electron chi connectivity index (χ3n) is 3.00. The summed E-state index contributed by atoms with van der Waals surface area (Å²) in [6.07, 6.45) is 1.65. The minimum absolute atomic E-state index is 0.650. The highest BCUT2D eigenvalue weighted by molar-refractivity contribution is 5.81. The first-order chi connectivity index (χ1) is 8.58. The standard InChI is InChI=1S/C16H17NO/c1-12-9-13(2)16(14(3)10-12)11-17(18)15-7-5-4-6-8-15/h4-11H,1-3H3. The molecule has 0 aromatic heterocycles. The van der Waals surface area contributed by atoms with Crippen LogP contribution in [0.25, 0.3) is 0 Å². The molecule has 18 heavy (non-hydrogen) atoms. The summed E-state index contributed by atoms with van der Waals surface area (Å²) in [5.41, 5.74) is 5.13. The second kappa shape index (κ2) is 5.05. The van der Waals surface area contributed by atoms with Crippen LogP contribution in [-0.4, -0.2) is 11.0 Å². The highest BCUT2D eigenvalue weighted by Crippen LogP contribution is 2.16. The monoisotopic (exact) mass is 239 g/mol. The Kier molecular flexibility index (Phi) is 3.47. The zero-order valence-electron chi connectivity index (χ0n) is 11.0. The molecule has 0 heterocycles. The zero-order valence-corrected chi connectivity index (χ0v) is 11.0. The highest BCUT2D eigenvalue weighted by atomic mass is 16.5. The Morgan fingerprint density at radius 1 is 0.944 bits per heavy atom. The number of rotatable bonds is 2. The van der Waals surface area contributed by atoms with Crippen LogP contribution in [0.3, 0.4) is 0 Å². The quantitative estimate of drug-likeness (QED) is 0.338. The van der Waals surface area contributed by atoms with Gasteiger partial charge in [-0.3, -0.25) is 0 Å². The van der Waals surface area contributed by atoms with Crippen molar-refractivity contribution in [3.05, 3.63) is 69.9 Å². The van der Waals surface area contributed by atoms with Crippen LogP contribution in [0.1, 0.15) is 22.3 Å². The minimum Gasteiger partial charge on any atom is -0.618 e. The maximum absolute atomic E-state index is 12.1. The van der Waals surface area contributed by atoms with Gasteiger partial charge in [0.2, 0.25) is 5.69 Å². The van der Waals surface area contributed by atoms with E-state index >= 15 is 0 Å². The van der Waals surface area contributed by atoms with Gasteiger partial charge in [-0.25, -0.2) is 0 Å². The van der Waals surface area contributed by atoms with Crippen molar-refractivity contribution in [2.45, 2.75) is 20.8 Å². The van der Waals surface area contributed by atoms with Gasteiger partial charge >= 0.3 is 0 Å². The lowest BCUT2D eigenvalue weighted by molar-refractivity contribution is -0.354. The van der Waals surface area contributed by atoms with E-state index in [1.165, 1.54) is 5.56 Å². The van der Waals surface area contributed by atoms with E-state index in [1.54, 1.807) is 6.21 Å². The summed E-state index contributed by atoms with van der Waals surface area (Å²) < 4.78 is 0.921. The molecular weight excluding hydrogens is 222 g/mol. The number of hydrogen-bond donors (Lipinski definition) is 0. The summed E-state index contributed by atoms with van der Waals surface area (Å²) in [4.78, 5) is 0. The molecule has 2 aromatic carbocycles.